The molecular weight excluding hydrogens is 456 g/mol. The first-order valence-corrected chi connectivity index (χ1v) is 12.5. The van der Waals surface area contributed by atoms with Gasteiger partial charge in [-0.15, -0.1) is 0 Å². The third-order valence-electron chi connectivity index (χ3n) is 7.37. The number of hydrogen-bond donors (Lipinski definition) is 0. The molecule has 0 N–H and O–H groups in total. The van der Waals surface area contributed by atoms with Crippen LogP contribution >= 0.6 is 0 Å². The summed E-state index contributed by atoms with van der Waals surface area (Å²) in [6.07, 6.45) is 0. The molecule has 0 radical (unpaired) electrons. The van der Waals surface area contributed by atoms with Gasteiger partial charge in [0, 0.05) is 0 Å². The summed E-state index contributed by atoms with van der Waals surface area (Å²) in [5.74, 6) is 0. The molecule has 0 atom stereocenters. The van der Waals surface area contributed by atoms with Gasteiger partial charge in [-0.3, -0.25) is 0 Å². The topological polar surface area (TPSA) is 0 Å². The van der Waals surface area contributed by atoms with Gasteiger partial charge in [-0.05, 0) is 88.2 Å². The van der Waals surface area contributed by atoms with Crippen molar-refractivity contribution in [3.8, 4) is 22.3 Å². The molecular formula is C38H24. The van der Waals surface area contributed by atoms with Crippen LogP contribution in [-0.2, 0) is 0 Å². The van der Waals surface area contributed by atoms with E-state index in [1.165, 1.54) is 0 Å². The van der Waals surface area contributed by atoms with Crippen LogP contribution < -0.4 is 0 Å². The number of fused-ring (bicyclic) bond motifs is 6. The lowest BCUT2D eigenvalue weighted by Crippen LogP contribution is -1.89. The van der Waals surface area contributed by atoms with Gasteiger partial charge in [0.2, 0.25) is 0 Å². The van der Waals surface area contributed by atoms with Crippen LogP contribution in [0.5, 0.6) is 0 Å². The van der Waals surface area contributed by atoms with Crippen LogP contribution in [0.1, 0.15) is 12.3 Å². The Morgan fingerprint density at radius 2 is 1.00 bits per heavy atom. The van der Waals surface area contributed by atoms with Crippen molar-refractivity contribution in [2.24, 2.45) is 0 Å². The average molecular weight is 490 g/mol. The van der Waals surface area contributed by atoms with Gasteiger partial charge in [-0.1, -0.05) is 133 Å². The van der Waals surface area contributed by atoms with Crippen LogP contribution in [0.3, 0.4) is 0 Å². The summed E-state index contributed by atoms with van der Waals surface area (Å²) < 4.78 is 78.1. The zero-order chi connectivity index (χ0) is 32.9. The zero-order valence-corrected chi connectivity index (χ0v) is 20.2. The third-order valence-corrected chi connectivity index (χ3v) is 7.37. The Morgan fingerprint density at radius 3 is 1.71 bits per heavy atom. The minimum absolute atomic E-state index is 0.0519. The molecule has 176 valence electrons. The summed E-state index contributed by atoms with van der Waals surface area (Å²) in [4.78, 5) is 0. The van der Waals surface area contributed by atoms with Crippen LogP contribution in [0.2, 0.25) is 0 Å². The molecule has 0 saturated carbocycles. The molecule has 0 nitrogen and oxygen atoms in total. The highest BCUT2D eigenvalue weighted by Crippen LogP contribution is 2.42. The Kier molecular flexibility index (Phi) is 3.08. The smallest absolute Gasteiger partial charge is 0.0616 e. The first-order chi connectivity index (χ1) is 22.6. The fraction of sp³-hybridized carbons (Fsp3) is 0. The average Bonchev–Trinajstić information content (AvgIpc) is 3.09. The van der Waals surface area contributed by atoms with Crippen molar-refractivity contribution in [1.29, 1.82) is 0 Å². The van der Waals surface area contributed by atoms with E-state index in [1.54, 1.807) is 0 Å². The summed E-state index contributed by atoms with van der Waals surface area (Å²) in [5, 5.41) is 5.83. The van der Waals surface area contributed by atoms with E-state index < -0.39 is 36.3 Å². The van der Waals surface area contributed by atoms with E-state index in [9.17, 15) is 0 Å². The van der Waals surface area contributed by atoms with E-state index >= 15 is 0 Å². The van der Waals surface area contributed by atoms with Crippen molar-refractivity contribution in [2.45, 2.75) is 0 Å². The fourth-order valence-electron chi connectivity index (χ4n) is 5.66. The molecule has 0 amide bonds. The summed E-state index contributed by atoms with van der Waals surface area (Å²) in [5.41, 5.74) is 2.92. The second kappa shape index (κ2) is 8.30. The van der Waals surface area contributed by atoms with Gasteiger partial charge in [0.15, 0.2) is 0 Å². The molecule has 38 heavy (non-hydrogen) atoms. The van der Waals surface area contributed by atoms with Gasteiger partial charge in [-0.25, -0.2) is 0 Å². The lowest BCUT2D eigenvalue weighted by Gasteiger charge is -2.16. The number of hydrogen-bond acceptors (Lipinski definition) is 0. The van der Waals surface area contributed by atoms with Crippen LogP contribution in [0.15, 0.2) is 145 Å². The van der Waals surface area contributed by atoms with E-state index in [0.717, 1.165) is 43.4 Å². The zero-order valence-electron chi connectivity index (χ0n) is 29.2. The Morgan fingerprint density at radius 1 is 0.395 bits per heavy atom. The van der Waals surface area contributed by atoms with Crippen molar-refractivity contribution in [2.75, 3.05) is 0 Å². The second-order valence-corrected chi connectivity index (χ2v) is 9.43. The van der Waals surface area contributed by atoms with Gasteiger partial charge < -0.3 is 0 Å². The highest BCUT2D eigenvalue weighted by Gasteiger charge is 2.14. The van der Waals surface area contributed by atoms with Gasteiger partial charge >= 0.3 is 0 Å². The standard InChI is InChI=1S/C38H24/c1-2-10-26-23-29(20-19-25(26)9-1)30-15-7-16-33-34-17-8-18-37(36(34)22-21-35(30)33)38-31-13-5-3-11-27(31)24-28-12-4-6-14-32(28)38/h1-24H/i3D,4D,5D,6D,11D,12D,13D,14D,24D. The second-order valence-electron chi connectivity index (χ2n) is 9.43. The van der Waals surface area contributed by atoms with E-state index in [1.807, 2.05) is 54.6 Å². The number of rotatable bonds is 2. The van der Waals surface area contributed by atoms with E-state index in [-0.39, 0.29) is 45.2 Å². The quantitative estimate of drug-likeness (QED) is 0.167. The molecule has 0 spiro atoms. The Bertz CT molecular complexity index is 2600. The molecule has 0 bridgehead atoms. The monoisotopic (exact) mass is 489 g/mol. The molecule has 0 heteroatoms. The lowest BCUT2D eigenvalue weighted by molar-refractivity contribution is 1.68. The van der Waals surface area contributed by atoms with Gasteiger partial charge in [0.25, 0.3) is 0 Å². The van der Waals surface area contributed by atoms with E-state index in [4.69, 9.17) is 12.3 Å². The molecule has 0 aliphatic carbocycles. The van der Waals surface area contributed by atoms with Crippen molar-refractivity contribution >= 4 is 53.9 Å². The highest BCUT2D eigenvalue weighted by atomic mass is 14.2. The summed E-state index contributed by atoms with van der Waals surface area (Å²) >= 11 is 0. The molecule has 0 heterocycles. The first kappa shape index (κ1) is 14.1. The van der Waals surface area contributed by atoms with Crippen molar-refractivity contribution in [3.05, 3.63) is 145 Å². The first-order valence-electron chi connectivity index (χ1n) is 17.0. The van der Waals surface area contributed by atoms with Crippen LogP contribution in [0.4, 0.5) is 0 Å². The Labute approximate surface area is 234 Å². The molecule has 0 saturated heterocycles. The highest BCUT2D eigenvalue weighted by molar-refractivity contribution is 6.21. The summed E-state index contributed by atoms with van der Waals surface area (Å²) in [6.45, 7) is 0. The molecule has 0 aliphatic heterocycles. The molecule has 0 unspecified atom stereocenters. The predicted octanol–water partition coefficient (Wildman–Crippen LogP) is 10.8. The van der Waals surface area contributed by atoms with Crippen molar-refractivity contribution in [1.82, 2.24) is 0 Å². The minimum Gasteiger partial charge on any atom is -0.0616 e. The van der Waals surface area contributed by atoms with E-state index in [2.05, 4.69) is 36.4 Å². The third kappa shape index (κ3) is 3.17. The SMILES string of the molecule is [2H]c1c([2H])c([2H])c2c(-c3cccc4c3ccc3c(-c5ccc6ccccc6c5)cccc34)c3c([2H])c([2H])c([2H])c([2H])c3c([2H])c2c1[2H]. The molecule has 0 fully saturated rings. The molecule has 0 aliphatic rings. The van der Waals surface area contributed by atoms with E-state index in [0.29, 0.717) is 5.56 Å². The maximum atomic E-state index is 9.03. The largest absolute Gasteiger partial charge is 0.0636 e. The Hall–Kier alpha value is -4.94. The predicted molar refractivity (Wildman–Crippen MR) is 165 cm³/mol. The molecule has 0 aromatic heterocycles. The van der Waals surface area contributed by atoms with Crippen LogP contribution in [0, 0.1) is 0 Å². The number of benzene rings is 8. The molecule has 8 aromatic carbocycles. The maximum Gasteiger partial charge on any atom is 0.0636 e. The van der Waals surface area contributed by atoms with Gasteiger partial charge in [0.1, 0.15) is 0 Å². The fourth-order valence-corrected chi connectivity index (χ4v) is 5.66. The summed E-state index contributed by atoms with van der Waals surface area (Å²) in [6, 6.07) is 26.5. The van der Waals surface area contributed by atoms with Crippen molar-refractivity contribution < 1.29 is 12.3 Å². The lowest BCUT2D eigenvalue weighted by atomic mass is 9.87. The maximum absolute atomic E-state index is 9.03. The normalized spacial score (nSPS) is 15.0. The van der Waals surface area contributed by atoms with Crippen LogP contribution in [-0.4, -0.2) is 0 Å². The van der Waals surface area contributed by atoms with Crippen molar-refractivity contribution in [3.63, 3.8) is 0 Å². The van der Waals surface area contributed by atoms with Gasteiger partial charge in [0.05, 0.1) is 12.3 Å². The summed E-state index contributed by atoms with van der Waals surface area (Å²) in [7, 11) is 0. The minimum atomic E-state index is -0.507. The van der Waals surface area contributed by atoms with Gasteiger partial charge in [-0.2, -0.15) is 0 Å². The Balaban J connectivity index is 1.53. The molecule has 8 rings (SSSR count). The molecule has 8 aromatic rings. The van der Waals surface area contributed by atoms with Crippen LogP contribution in [0.25, 0.3) is 76.1 Å².